The first-order chi connectivity index (χ1) is 13.1. The second-order valence-corrected chi connectivity index (χ2v) is 7.55. The van der Waals surface area contributed by atoms with Gasteiger partial charge >= 0.3 is 5.97 Å². The number of unbranched alkanes of at least 4 members (excludes halogenated alkanes) is 1. The van der Waals surface area contributed by atoms with E-state index < -0.39 is 12.0 Å². The number of carbonyl (C=O) groups is 2. The van der Waals surface area contributed by atoms with E-state index in [1.54, 1.807) is 11.3 Å². The summed E-state index contributed by atoms with van der Waals surface area (Å²) in [7, 11) is 0. The van der Waals surface area contributed by atoms with Gasteiger partial charge in [-0.1, -0.05) is 42.5 Å². The fourth-order valence-corrected chi connectivity index (χ4v) is 3.91. The molecule has 2 aromatic carbocycles. The molecule has 0 radical (unpaired) electrons. The van der Waals surface area contributed by atoms with Crippen molar-refractivity contribution in [3.8, 4) is 0 Å². The van der Waals surface area contributed by atoms with Crippen molar-refractivity contribution in [2.45, 2.75) is 38.1 Å². The summed E-state index contributed by atoms with van der Waals surface area (Å²) in [4.78, 5) is 28.1. The number of rotatable bonds is 9. The molecule has 140 valence electrons. The summed E-state index contributed by atoms with van der Waals surface area (Å²) in [6.45, 7) is 0. The third-order valence-electron chi connectivity index (χ3n) is 4.30. The van der Waals surface area contributed by atoms with Crippen LogP contribution in [0.4, 0.5) is 0 Å². The molecule has 0 aliphatic heterocycles. The number of carbonyl (C=O) groups excluding carboxylic acids is 1. The van der Waals surface area contributed by atoms with E-state index in [2.05, 4.69) is 16.4 Å². The number of para-hydroxylation sites is 1. The fraction of sp³-hybridized carbons (Fsp3) is 0.286. The first kappa shape index (κ1) is 19.0. The lowest BCUT2D eigenvalue weighted by Gasteiger charge is -2.14. The number of fused-ring (bicyclic) bond motifs is 1. The molecule has 0 fully saturated rings. The third kappa shape index (κ3) is 5.62. The average Bonchev–Trinajstić information content (AvgIpc) is 3.08. The smallest absolute Gasteiger partial charge is 0.326 e. The summed E-state index contributed by atoms with van der Waals surface area (Å²) in [6.07, 6.45) is 3.00. The molecule has 0 aliphatic carbocycles. The van der Waals surface area contributed by atoms with Gasteiger partial charge in [0.25, 0.3) is 0 Å². The highest BCUT2D eigenvalue weighted by molar-refractivity contribution is 7.18. The van der Waals surface area contributed by atoms with Crippen LogP contribution in [0.2, 0.25) is 0 Å². The monoisotopic (exact) mass is 382 g/mol. The van der Waals surface area contributed by atoms with Gasteiger partial charge in [0.2, 0.25) is 5.91 Å². The number of carboxylic acid groups (broad SMARTS) is 1. The molecule has 5 nitrogen and oxygen atoms in total. The topological polar surface area (TPSA) is 79.3 Å². The zero-order chi connectivity index (χ0) is 19.1. The molecule has 6 heteroatoms. The van der Waals surface area contributed by atoms with E-state index in [4.69, 9.17) is 0 Å². The molecular formula is C21H22N2O3S. The molecule has 1 atom stereocenters. The summed E-state index contributed by atoms with van der Waals surface area (Å²) >= 11 is 1.68. The maximum atomic E-state index is 12.1. The van der Waals surface area contributed by atoms with Gasteiger partial charge in [0.15, 0.2) is 0 Å². The lowest BCUT2D eigenvalue weighted by molar-refractivity contribution is -0.141. The highest BCUT2D eigenvalue weighted by Gasteiger charge is 2.20. The van der Waals surface area contributed by atoms with E-state index >= 15 is 0 Å². The molecule has 3 rings (SSSR count). The predicted octanol–water partition coefficient (Wildman–Crippen LogP) is 3.82. The summed E-state index contributed by atoms with van der Waals surface area (Å²) in [5.74, 6) is -1.23. The summed E-state index contributed by atoms with van der Waals surface area (Å²) in [5, 5.41) is 13.1. The van der Waals surface area contributed by atoms with Crippen LogP contribution in [0.15, 0.2) is 54.6 Å². The number of aromatic nitrogens is 1. The molecule has 0 saturated carbocycles. The molecule has 27 heavy (non-hydrogen) atoms. The van der Waals surface area contributed by atoms with E-state index in [1.807, 2.05) is 48.5 Å². The van der Waals surface area contributed by atoms with Crippen LogP contribution in [0.5, 0.6) is 0 Å². The highest BCUT2D eigenvalue weighted by atomic mass is 32.1. The maximum Gasteiger partial charge on any atom is 0.326 e. The number of benzene rings is 2. The van der Waals surface area contributed by atoms with Gasteiger partial charge in [-0.25, -0.2) is 9.78 Å². The van der Waals surface area contributed by atoms with Crippen molar-refractivity contribution in [3.05, 3.63) is 65.2 Å². The van der Waals surface area contributed by atoms with Crippen LogP contribution in [0.3, 0.4) is 0 Å². The number of nitrogens with one attached hydrogen (secondary N) is 1. The average molecular weight is 382 g/mol. The number of hydrogen-bond acceptors (Lipinski definition) is 4. The second kappa shape index (κ2) is 9.28. The van der Waals surface area contributed by atoms with Crippen LogP contribution in [0, 0.1) is 0 Å². The standard InChI is InChI=1S/C21H22N2O3S/c24-19(22-17(21(25)26)14-15-8-2-1-3-9-15)12-6-7-13-20-23-16-10-4-5-11-18(16)27-20/h1-5,8-11,17H,6-7,12-14H2,(H,22,24)(H,25,26). The van der Waals surface area contributed by atoms with Crippen LogP contribution < -0.4 is 5.32 Å². The van der Waals surface area contributed by atoms with Gasteiger partial charge in [-0.3, -0.25) is 4.79 Å². The normalized spacial score (nSPS) is 12.0. The second-order valence-electron chi connectivity index (χ2n) is 6.43. The van der Waals surface area contributed by atoms with Gasteiger partial charge in [0, 0.05) is 12.8 Å². The SMILES string of the molecule is O=C(CCCCc1nc2ccccc2s1)NC(Cc1ccccc1)C(=O)O. The third-order valence-corrected chi connectivity index (χ3v) is 5.39. The van der Waals surface area contributed by atoms with Gasteiger partial charge in [0.05, 0.1) is 15.2 Å². The summed E-state index contributed by atoms with van der Waals surface area (Å²) in [5.41, 5.74) is 1.90. The Balaban J connectivity index is 1.43. The van der Waals surface area contributed by atoms with E-state index in [0.29, 0.717) is 12.8 Å². The highest BCUT2D eigenvalue weighted by Crippen LogP contribution is 2.22. The van der Waals surface area contributed by atoms with E-state index in [9.17, 15) is 14.7 Å². The summed E-state index contributed by atoms with van der Waals surface area (Å²) in [6, 6.07) is 16.5. The molecular weight excluding hydrogens is 360 g/mol. The number of hydrogen-bond donors (Lipinski definition) is 2. The first-order valence-electron chi connectivity index (χ1n) is 9.02. The lowest BCUT2D eigenvalue weighted by Crippen LogP contribution is -2.42. The van der Waals surface area contributed by atoms with E-state index in [1.165, 1.54) is 4.70 Å². The Morgan fingerprint density at radius 3 is 2.52 bits per heavy atom. The molecule has 1 unspecified atom stereocenters. The zero-order valence-electron chi connectivity index (χ0n) is 14.9. The van der Waals surface area contributed by atoms with E-state index in [0.717, 1.165) is 28.9 Å². The molecule has 0 bridgehead atoms. The minimum atomic E-state index is -1.01. The Morgan fingerprint density at radius 1 is 1.04 bits per heavy atom. The van der Waals surface area contributed by atoms with Crippen molar-refractivity contribution in [1.82, 2.24) is 10.3 Å². The van der Waals surface area contributed by atoms with Crippen LogP contribution >= 0.6 is 11.3 Å². The van der Waals surface area contributed by atoms with Crippen LogP contribution in [0.25, 0.3) is 10.2 Å². The number of thiazole rings is 1. The quantitative estimate of drug-likeness (QED) is 0.552. The van der Waals surface area contributed by atoms with Crippen molar-refractivity contribution in [1.29, 1.82) is 0 Å². The minimum Gasteiger partial charge on any atom is -0.480 e. The Morgan fingerprint density at radius 2 is 1.78 bits per heavy atom. The van der Waals surface area contributed by atoms with Crippen molar-refractivity contribution in [2.24, 2.45) is 0 Å². The number of carboxylic acids is 1. The Kier molecular flexibility index (Phi) is 6.54. The molecule has 2 N–H and O–H groups in total. The minimum absolute atomic E-state index is 0.220. The van der Waals surface area contributed by atoms with Gasteiger partial charge in [-0.15, -0.1) is 11.3 Å². The van der Waals surface area contributed by atoms with Gasteiger partial charge in [0.1, 0.15) is 6.04 Å². The van der Waals surface area contributed by atoms with Crippen molar-refractivity contribution in [3.63, 3.8) is 0 Å². The molecule has 0 spiro atoms. The van der Waals surface area contributed by atoms with Crippen molar-refractivity contribution in [2.75, 3.05) is 0 Å². The zero-order valence-corrected chi connectivity index (χ0v) is 15.7. The Labute approximate surface area is 162 Å². The molecule has 0 aliphatic rings. The van der Waals surface area contributed by atoms with E-state index in [-0.39, 0.29) is 12.3 Å². The molecule has 1 aromatic heterocycles. The summed E-state index contributed by atoms with van der Waals surface area (Å²) < 4.78 is 1.18. The van der Waals surface area contributed by atoms with Crippen LogP contribution in [-0.2, 0) is 22.4 Å². The largest absolute Gasteiger partial charge is 0.480 e. The number of amides is 1. The molecule has 1 heterocycles. The Hall–Kier alpha value is -2.73. The Bertz CT molecular complexity index is 875. The van der Waals surface area contributed by atoms with Crippen LogP contribution in [-0.4, -0.2) is 28.0 Å². The molecule has 3 aromatic rings. The lowest BCUT2D eigenvalue weighted by atomic mass is 10.1. The fourth-order valence-electron chi connectivity index (χ4n) is 2.91. The number of aryl methyl sites for hydroxylation is 1. The van der Waals surface area contributed by atoms with Gasteiger partial charge in [-0.05, 0) is 37.0 Å². The molecule has 0 saturated heterocycles. The number of aliphatic carboxylic acids is 1. The van der Waals surface area contributed by atoms with Crippen molar-refractivity contribution < 1.29 is 14.7 Å². The first-order valence-corrected chi connectivity index (χ1v) is 9.84. The maximum absolute atomic E-state index is 12.1. The number of nitrogens with zero attached hydrogens (tertiary/aromatic N) is 1. The van der Waals surface area contributed by atoms with Crippen LogP contribution in [0.1, 0.15) is 29.8 Å². The molecule has 1 amide bonds. The van der Waals surface area contributed by atoms with Gasteiger partial charge in [-0.2, -0.15) is 0 Å². The van der Waals surface area contributed by atoms with Gasteiger partial charge < -0.3 is 10.4 Å². The van der Waals surface area contributed by atoms with Crippen molar-refractivity contribution >= 4 is 33.4 Å². The predicted molar refractivity (Wildman–Crippen MR) is 107 cm³/mol.